The first kappa shape index (κ1) is 15.0. The Kier molecular flexibility index (Phi) is 4.78. The van der Waals surface area contributed by atoms with Crippen molar-refractivity contribution in [3.63, 3.8) is 0 Å². The number of hydrogen-bond acceptors (Lipinski definition) is 2. The van der Waals surface area contributed by atoms with E-state index < -0.39 is 0 Å². The predicted molar refractivity (Wildman–Crippen MR) is 85.5 cm³/mol. The highest BCUT2D eigenvalue weighted by atomic mass is 79.9. The fraction of sp³-hybridized carbons (Fsp3) is 0.250. The van der Waals surface area contributed by atoms with Gasteiger partial charge in [-0.25, -0.2) is 4.39 Å². The Hall–Kier alpha value is -1.39. The largest absolute Gasteiger partial charge is 0.378 e. The molecule has 0 heterocycles. The number of nitrogens with zero attached hydrogens (tertiary/aromatic N) is 1. The minimum Gasteiger partial charge on any atom is -0.378 e. The fourth-order valence-electron chi connectivity index (χ4n) is 2.09. The lowest BCUT2D eigenvalue weighted by Crippen LogP contribution is -2.15. The summed E-state index contributed by atoms with van der Waals surface area (Å²) in [6, 6.07) is 12.7. The van der Waals surface area contributed by atoms with Crippen LogP contribution in [-0.4, -0.2) is 14.1 Å². The van der Waals surface area contributed by atoms with Crippen LogP contribution in [0.4, 0.5) is 10.1 Å². The molecule has 0 saturated heterocycles. The second-order valence-corrected chi connectivity index (χ2v) is 5.95. The molecule has 0 amide bonds. The molecule has 0 aliphatic heterocycles. The molecular weight excluding hydrogens is 319 g/mol. The molecule has 2 nitrogen and oxygen atoms in total. The normalized spacial score (nSPS) is 12.2. The summed E-state index contributed by atoms with van der Waals surface area (Å²) >= 11 is 3.36. The van der Waals surface area contributed by atoms with E-state index in [-0.39, 0.29) is 11.9 Å². The molecule has 0 aliphatic carbocycles. The fourth-order valence-corrected chi connectivity index (χ4v) is 2.50. The lowest BCUT2D eigenvalue weighted by atomic mass is 9.99. The van der Waals surface area contributed by atoms with Crippen molar-refractivity contribution >= 4 is 21.6 Å². The zero-order valence-corrected chi connectivity index (χ0v) is 13.2. The SMILES string of the molecule is CN(C)c1cccc(C(N)Cc2cc(Br)ccc2F)c1. The van der Waals surface area contributed by atoms with E-state index in [0.29, 0.717) is 12.0 Å². The first-order valence-electron chi connectivity index (χ1n) is 6.44. The average molecular weight is 337 g/mol. The van der Waals surface area contributed by atoms with Crippen molar-refractivity contribution in [3.8, 4) is 0 Å². The summed E-state index contributed by atoms with van der Waals surface area (Å²) < 4.78 is 14.6. The maximum Gasteiger partial charge on any atom is 0.126 e. The Morgan fingerprint density at radius 1 is 1.20 bits per heavy atom. The van der Waals surface area contributed by atoms with Crippen LogP contribution in [0.3, 0.4) is 0 Å². The Balaban J connectivity index is 2.21. The van der Waals surface area contributed by atoms with E-state index >= 15 is 0 Å². The smallest absolute Gasteiger partial charge is 0.126 e. The zero-order valence-electron chi connectivity index (χ0n) is 11.6. The number of benzene rings is 2. The standard InChI is InChI=1S/C16H18BrFN2/c1-20(2)14-5-3-4-11(9-14)16(19)10-12-8-13(17)6-7-15(12)18/h3-9,16H,10,19H2,1-2H3. The van der Waals surface area contributed by atoms with Crippen LogP contribution in [0, 0.1) is 5.82 Å². The van der Waals surface area contributed by atoms with Gasteiger partial charge in [0.05, 0.1) is 0 Å². The monoisotopic (exact) mass is 336 g/mol. The third-order valence-corrected chi connectivity index (χ3v) is 3.76. The van der Waals surface area contributed by atoms with E-state index in [2.05, 4.69) is 15.9 Å². The van der Waals surface area contributed by atoms with Crippen LogP contribution in [0.5, 0.6) is 0 Å². The van der Waals surface area contributed by atoms with Crippen molar-refractivity contribution in [3.05, 3.63) is 63.9 Å². The van der Waals surface area contributed by atoms with Crippen molar-refractivity contribution < 1.29 is 4.39 Å². The van der Waals surface area contributed by atoms with Gasteiger partial charge in [0.15, 0.2) is 0 Å². The molecule has 0 aromatic heterocycles. The molecule has 0 fully saturated rings. The summed E-state index contributed by atoms with van der Waals surface area (Å²) in [5.41, 5.74) is 8.94. The maximum atomic E-state index is 13.8. The van der Waals surface area contributed by atoms with Gasteiger partial charge in [-0.05, 0) is 47.9 Å². The van der Waals surface area contributed by atoms with Gasteiger partial charge in [-0.3, -0.25) is 0 Å². The first-order chi connectivity index (χ1) is 9.47. The van der Waals surface area contributed by atoms with Gasteiger partial charge in [0.25, 0.3) is 0 Å². The van der Waals surface area contributed by atoms with Gasteiger partial charge in [-0.1, -0.05) is 28.1 Å². The van der Waals surface area contributed by atoms with Crippen LogP contribution in [0.1, 0.15) is 17.2 Å². The van der Waals surface area contributed by atoms with E-state index in [1.807, 2.05) is 43.3 Å². The van der Waals surface area contributed by atoms with Gasteiger partial charge in [-0.15, -0.1) is 0 Å². The molecule has 4 heteroatoms. The Morgan fingerprint density at radius 3 is 2.65 bits per heavy atom. The van der Waals surface area contributed by atoms with Crippen LogP contribution >= 0.6 is 15.9 Å². The summed E-state index contributed by atoms with van der Waals surface area (Å²) in [7, 11) is 3.97. The summed E-state index contributed by atoms with van der Waals surface area (Å²) in [5.74, 6) is -0.215. The summed E-state index contributed by atoms with van der Waals surface area (Å²) in [6.07, 6.45) is 0.474. The summed E-state index contributed by atoms with van der Waals surface area (Å²) in [6.45, 7) is 0. The van der Waals surface area contributed by atoms with Gasteiger partial charge in [-0.2, -0.15) is 0 Å². The van der Waals surface area contributed by atoms with E-state index in [1.165, 1.54) is 6.07 Å². The number of halogens is 2. The molecule has 2 N–H and O–H groups in total. The van der Waals surface area contributed by atoms with Gasteiger partial charge in [0.1, 0.15) is 5.82 Å². The van der Waals surface area contributed by atoms with Crippen LogP contribution in [0.2, 0.25) is 0 Å². The lowest BCUT2D eigenvalue weighted by Gasteiger charge is -2.17. The van der Waals surface area contributed by atoms with Crippen molar-refractivity contribution in [2.45, 2.75) is 12.5 Å². The third-order valence-electron chi connectivity index (χ3n) is 3.26. The van der Waals surface area contributed by atoms with Crippen molar-refractivity contribution in [2.24, 2.45) is 5.73 Å². The molecule has 1 atom stereocenters. The van der Waals surface area contributed by atoms with E-state index in [0.717, 1.165) is 15.7 Å². The number of nitrogens with two attached hydrogens (primary N) is 1. The molecule has 0 saturated carbocycles. The van der Waals surface area contributed by atoms with Crippen LogP contribution in [0.25, 0.3) is 0 Å². The number of rotatable bonds is 4. The molecule has 0 aliphatic rings. The highest BCUT2D eigenvalue weighted by Gasteiger charge is 2.11. The van der Waals surface area contributed by atoms with Gasteiger partial charge in [0.2, 0.25) is 0 Å². The quantitative estimate of drug-likeness (QED) is 0.917. The molecule has 1 unspecified atom stereocenters. The Labute approximate surface area is 127 Å². The number of anilines is 1. The Bertz CT molecular complexity index is 599. The topological polar surface area (TPSA) is 29.3 Å². The number of hydrogen-bond donors (Lipinski definition) is 1. The van der Waals surface area contributed by atoms with Crippen LogP contribution in [-0.2, 0) is 6.42 Å². The highest BCUT2D eigenvalue weighted by Crippen LogP contribution is 2.23. The van der Waals surface area contributed by atoms with E-state index in [1.54, 1.807) is 12.1 Å². The van der Waals surface area contributed by atoms with Gasteiger partial charge >= 0.3 is 0 Å². The second-order valence-electron chi connectivity index (χ2n) is 5.04. The van der Waals surface area contributed by atoms with Crippen molar-refractivity contribution in [2.75, 3.05) is 19.0 Å². The van der Waals surface area contributed by atoms with Gasteiger partial charge < -0.3 is 10.6 Å². The molecule has 20 heavy (non-hydrogen) atoms. The second kappa shape index (κ2) is 6.37. The van der Waals surface area contributed by atoms with E-state index in [9.17, 15) is 4.39 Å². The van der Waals surface area contributed by atoms with Crippen molar-refractivity contribution in [1.29, 1.82) is 0 Å². The Morgan fingerprint density at radius 2 is 1.95 bits per heavy atom. The molecule has 0 spiro atoms. The van der Waals surface area contributed by atoms with Gasteiger partial charge in [0, 0.05) is 30.3 Å². The lowest BCUT2D eigenvalue weighted by molar-refractivity contribution is 0.593. The first-order valence-corrected chi connectivity index (χ1v) is 7.23. The molecule has 106 valence electrons. The minimum atomic E-state index is -0.223. The highest BCUT2D eigenvalue weighted by molar-refractivity contribution is 9.10. The maximum absolute atomic E-state index is 13.8. The minimum absolute atomic E-state index is 0.215. The van der Waals surface area contributed by atoms with Crippen molar-refractivity contribution in [1.82, 2.24) is 0 Å². The third kappa shape index (κ3) is 3.58. The zero-order chi connectivity index (χ0) is 14.7. The molecule has 0 bridgehead atoms. The molecule has 0 radical (unpaired) electrons. The summed E-state index contributed by atoms with van der Waals surface area (Å²) in [4.78, 5) is 2.02. The van der Waals surface area contributed by atoms with Crippen LogP contribution < -0.4 is 10.6 Å². The molecule has 2 aromatic carbocycles. The van der Waals surface area contributed by atoms with Crippen LogP contribution in [0.15, 0.2) is 46.9 Å². The molecule has 2 rings (SSSR count). The molecule has 2 aromatic rings. The average Bonchev–Trinajstić information content (AvgIpc) is 2.43. The molecular formula is C16H18BrFN2. The predicted octanol–water partition coefficient (Wildman–Crippen LogP) is 3.90. The summed E-state index contributed by atoms with van der Waals surface area (Å²) in [5, 5.41) is 0. The van der Waals surface area contributed by atoms with E-state index in [4.69, 9.17) is 5.73 Å².